The van der Waals surface area contributed by atoms with Crippen LogP contribution in [0.4, 0.5) is 0 Å². The van der Waals surface area contributed by atoms with E-state index in [1.807, 2.05) is 6.07 Å². The van der Waals surface area contributed by atoms with Gasteiger partial charge in [0.1, 0.15) is 5.82 Å². The van der Waals surface area contributed by atoms with Gasteiger partial charge in [-0.1, -0.05) is 12.1 Å². The molecule has 1 aliphatic carbocycles. The molecule has 1 aromatic heterocycles. The molecule has 0 radical (unpaired) electrons. The minimum absolute atomic E-state index is 0.358. The molecule has 0 unspecified atom stereocenters. The van der Waals surface area contributed by atoms with Crippen LogP contribution < -0.4 is 0 Å². The van der Waals surface area contributed by atoms with Crippen LogP contribution in [0.2, 0.25) is 0 Å². The van der Waals surface area contributed by atoms with Crippen LogP contribution in [-0.4, -0.2) is 45.8 Å². The van der Waals surface area contributed by atoms with E-state index >= 15 is 0 Å². The highest BCUT2D eigenvalue weighted by molar-refractivity contribution is 5.75. The van der Waals surface area contributed by atoms with E-state index in [4.69, 9.17) is 0 Å². The number of imidazole rings is 1. The van der Waals surface area contributed by atoms with Gasteiger partial charge in [0.05, 0.1) is 11.0 Å². The fourth-order valence-electron chi connectivity index (χ4n) is 3.69. The zero-order chi connectivity index (χ0) is 15.5. The molecule has 1 fully saturated rings. The molecule has 1 heterocycles. The molecule has 0 saturated heterocycles. The third-order valence-electron chi connectivity index (χ3n) is 5.22. The van der Waals surface area contributed by atoms with Gasteiger partial charge < -0.3 is 14.6 Å². The molecule has 1 aromatic carbocycles. The van der Waals surface area contributed by atoms with Crippen LogP contribution in [-0.2, 0) is 6.54 Å². The molecule has 0 amide bonds. The van der Waals surface area contributed by atoms with Crippen LogP contribution in [0, 0.1) is 12.8 Å². The maximum absolute atomic E-state index is 9.25. The van der Waals surface area contributed by atoms with Gasteiger partial charge in [-0.25, -0.2) is 4.98 Å². The van der Waals surface area contributed by atoms with Crippen LogP contribution in [0.1, 0.15) is 31.5 Å². The first kappa shape index (κ1) is 15.5. The van der Waals surface area contributed by atoms with Crippen molar-refractivity contribution in [2.24, 2.45) is 5.92 Å². The summed E-state index contributed by atoms with van der Waals surface area (Å²) in [6, 6.07) is 9.03. The number of nitrogens with zero attached hydrogens (tertiary/aromatic N) is 3. The molecule has 3 rings (SSSR count). The number of aromatic nitrogens is 2. The number of aliphatic hydroxyl groups excluding tert-OH is 1. The lowest BCUT2D eigenvalue weighted by atomic mass is 9.86. The van der Waals surface area contributed by atoms with Gasteiger partial charge in [0.2, 0.25) is 0 Å². The standard InChI is InChI=1S/C18H27N3O/c1-14-19-17-5-3-4-6-18(17)21(14)12-11-20(2)16-9-7-15(13-22)8-10-16/h3-6,15-16,22H,7-13H2,1-2H3. The lowest BCUT2D eigenvalue weighted by Gasteiger charge is -2.34. The number of likely N-dealkylation sites (N-methyl/N-ethyl adjacent to an activating group) is 1. The lowest BCUT2D eigenvalue weighted by molar-refractivity contribution is 0.126. The van der Waals surface area contributed by atoms with Crippen molar-refractivity contribution in [3.8, 4) is 0 Å². The Balaban J connectivity index is 1.61. The minimum Gasteiger partial charge on any atom is -0.396 e. The number of aliphatic hydroxyl groups is 1. The van der Waals surface area contributed by atoms with E-state index in [0.29, 0.717) is 18.6 Å². The summed E-state index contributed by atoms with van der Waals surface area (Å²) in [7, 11) is 2.23. The Hall–Kier alpha value is -1.39. The van der Waals surface area contributed by atoms with Gasteiger partial charge in [0.25, 0.3) is 0 Å². The van der Waals surface area contributed by atoms with Crippen molar-refractivity contribution in [1.82, 2.24) is 14.5 Å². The van der Waals surface area contributed by atoms with E-state index < -0.39 is 0 Å². The van der Waals surface area contributed by atoms with Gasteiger partial charge in [-0.15, -0.1) is 0 Å². The Kier molecular flexibility index (Phi) is 4.79. The molecule has 2 aromatic rings. The third-order valence-corrected chi connectivity index (χ3v) is 5.22. The molecule has 0 atom stereocenters. The maximum atomic E-state index is 9.25. The van der Waals surface area contributed by atoms with Crippen molar-refractivity contribution >= 4 is 11.0 Å². The zero-order valence-corrected chi connectivity index (χ0v) is 13.7. The van der Waals surface area contributed by atoms with Gasteiger partial charge in [-0.2, -0.15) is 0 Å². The molecule has 4 nitrogen and oxygen atoms in total. The summed E-state index contributed by atoms with van der Waals surface area (Å²) >= 11 is 0. The number of hydrogen-bond donors (Lipinski definition) is 1. The van der Waals surface area contributed by atoms with Gasteiger partial charge >= 0.3 is 0 Å². The molecular weight excluding hydrogens is 274 g/mol. The van der Waals surface area contributed by atoms with Crippen molar-refractivity contribution in [3.63, 3.8) is 0 Å². The summed E-state index contributed by atoms with van der Waals surface area (Å²) in [5, 5.41) is 9.25. The summed E-state index contributed by atoms with van der Waals surface area (Å²) in [4.78, 5) is 7.13. The fourth-order valence-corrected chi connectivity index (χ4v) is 3.69. The summed E-state index contributed by atoms with van der Waals surface area (Å²) in [6.45, 7) is 4.49. The Morgan fingerprint density at radius 2 is 1.95 bits per heavy atom. The van der Waals surface area contributed by atoms with Gasteiger partial charge in [-0.05, 0) is 57.7 Å². The molecule has 1 aliphatic rings. The van der Waals surface area contributed by atoms with E-state index in [2.05, 4.69) is 46.6 Å². The van der Waals surface area contributed by atoms with Crippen LogP contribution in [0.25, 0.3) is 11.0 Å². The Labute approximate surface area is 132 Å². The number of rotatable bonds is 5. The first-order valence-electron chi connectivity index (χ1n) is 8.42. The number of benzene rings is 1. The van der Waals surface area contributed by atoms with Crippen LogP contribution >= 0.6 is 0 Å². The molecule has 0 spiro atoms. The van der Waals surface area contributed by atoms with Crippen molar-refractivity contribution in [2.75, 3.05) is 20.2 Å². The van der Waals surface area contributed by atoms with Gasteiger partial charge in [0.15, 0.2) is 0 Å². The second kappa shape index (κ2) is 6.80. The average molecular weight is 301 g/mol. The average Bonchev–Trinajstić information content (AvgIpc) is 2.88. The van der Waals surface area contributed by atoms with E-state index in [1.54, 1.807) is 0 Å². The second-order valence-corrected chi connectivity index (χ2v) is 6.64. The highest BCUT2D eigenvalue weighted by Crippen LogP contribution is 2.26. The summed E-state index contributed by atoms with van der Waals surface area (Å²) in [5.41, 5.74) is 2.32. The van der Waals surface area contributed by atoms with Gasteiger partial charge in [0, 0.05) is 25.7 Å². The van der Waals surface area contributed by atoms with E-state index in [0.717, 1.165) is 24.4 Å². The first-order chi connectivity index (χ1) is 10.7. The van der Waals surface area contributed by atoms with Crippen molar-refractivity contribution in [1.29, 1.82) is 0 Å². The normalized spacial score (nSPS) is 22.5. The SMILES string of the molecule is Cc1nc2ccccc2n1CCN(C)C1CCC(CO)CC1. The zero-order valence-electron chi connectivity index (χ0n) is 13.7. The molecule has 0 aliphatic heterocycles. The van der Waals surface area contributed by atoms with E-state index in [9.17, 15) is 5.11 Å². The van der Waals surface area contributed by atoms with Crippen molar-refractivity contribution in [2.45, 2.75) is 45.2 Å². The number of aryl methyl sites for hydroxylation is 1. The van der Waals surface area contributed by atoms with E-state index in [-0.39, 0.29) is 0 Å². The molecule has 4 heteroatoms. The number of para-hydroxylation sites is 2. The number of fused-ring (bicyclic) bond motifs is 1. The fraction of sp³-hybridized carbons (Fsp3) is 0.611. The molecular formula is C18H27N3O. The van der Waals surface area contributed by atoms with Crippen LogP contribution in [0.3, 0.4) is 0 Å². The molecule has 22 heavy (non-hydrogen) atoms. The predicted octanol–water partition coefficient (Wildman–Crippen LogP) is 2.83. The smallest absolute Gasteiger partial charge is 0.106 e. The monoisotopic (exact) mass is 301 g/mol. The minimum atomic E-state index is 0.358. The van der Waals surface area contributed by atoms with E-state index in [1.165, 1.54) is 31.2 Å². The van der Waals surface area contributed by atoms with Crippen molar-refractivity contribution < 1.29 is 5.11 Å². The molecule has 1 saturated carbocycles. The third kappa shape index (κ3) is 3.18. The lowest BCUT2D eigenvalue weighted by Crippen LogP contribution is -2.37. The highest BCUT2D eigenvalue weighted by Gasteiger charge is 2.23. The largest absolute Gasteiger partial charge is 0.396 e. The number of hydrogen-bond acceptors (Lipinski definition) is 3. The molecule has 1 N–H and O–H groups in total. The quantitative estimate of drug-likeness (QED) is 0.923. The summed E-state index contributed by atoms with van der Waals surface area (Å²) in [5.74, 6) is 1.63. The van der Waals surface area contributed by atoms with Crippen LogP contribution in [0.15, 0.2) is 24.3 Å². The molecule has 120 valence electrons. The molecule has 0 bridgehead atoms. The topological polar surface area (TPSA) is 41.3 Å². The summed E-state index contributed by atoms with van der Waals surface area (Å²) < 4.78 is 2.32. The second-order valence-electron chi connectivity index (χ2n) is 6.64. The maximum Gasteiger partial charge on any atom is 0.106 e. The predicted molar refractivity (Wildman–Crippen MR) is 89.9 cm³/mol. The highest BCUT2D eigenvalue weighted by atomic mass is 16.3. The summed E-state index contributed by atoms with van der Waals surface area (Å²) in [6.07, 6.45) is 4.76. The Morgan fingerprint density at radius 3 is 2.68 bits per heavy atom. The van der Waals surface area contributed by atoms with Crippen molar-refractivity contribution in [3.05, 3.63) is 30.1 Å². The Bertz CT molecular complexity index is 614. The van der Waals surface area contributed by atoms with Crippen LogP contribution in [0.5, 0.6) is 0 Å². The first-order valence-corrected chi connectivity index (χ1v) is 8.42. The Morgan fingerprint density at radius 1 is 1.23 bits per heavy atom. The van der Waals surface area contributed by atoms with Gasteiger partial charge in [-0.3, -0.25) is 0 Å².